The minimum Gasteiger partial charge on any atom is -0.508 e. The van der Waals surface area contributed by atoms with Crippen molar-refractivity contribution in [1.29, 1.82) is 0 Å². The van der Waals surface area contributed by atoms with E-state index in [4.69, 9.17) is 23.2 Å². The molecule has 0 bridgehead atoms. The van der Waals surface area contributed by atoms with Crippen molar-refractivity contribution in [3.63, 3.8) is 0 Å². The molecule has 82 valence electrons. The van der Waals surface area contributed by atoms with Crippen molar-refractivity contribution in [3.8, 4) is 16.9 Å². The van der Waals surface area contributed by atoms with Gasteiger partial charge in [-0.05, 0) is 42.3 Å². The Labute approximate surface area is 104 Å². The van der Waals surface area contributed by atoms with E-state index in [2.05, 4.69) is 0 Å². The van der Waals surface area contributed by atoms with Gasteiger partial charge in [0.15, 0.2) is 0 Å². The fourth-order valence-corrected chi connectivity index (χ4v) is 2.17. The summed E-state index contributed by atoms with van der Waals surface area (Å²) in [5.41, 5.74) is 2.90. The van der Waals surface area contributed by atoms with Crippen LogP contribution in [0.4, 0.5) is 0 Å². The molecule has 0 saturated heterocycles. The van der Waals surface area contributed by atoms with Crippen molar-refractivity contribution in [2.75, 3.05) is 0 Å². The molecule has 0 spiro atoms. The van der Waals surface area contributed by atoms with Crippen molar-refractivity contribution < 1.29 is 5.11 Å². The molecule has 0 saturated carbocycles. The Morgan fingerprint density at radius 1 is 0.938 bits per heavy atom. The van der Waals surface area contributed by atoms with Crippen LogP contribution < -0.4 is 0 Å². The van der Waals surface area contributed by atoms with Crippen LogP contribution >= 0.6 is 23.2 Å². The number of aryl methyl sites for hydroxylation is 1. The molecule has 3 heteroatoms. The minimum atomic E-state index is 0.256. The van der Waals surface area contributed by atoms with Crippen molar-refractivity contribution in [2.24, 2.45) is 0 Å². The van der Waals surface area contributed by atoms with Crippen LogP contribution in [0.25, 0.3) is 11.1 Å². The lowest BCUT2D eigenvalue weighted by Gasteiger charge is -2.08. The predicted molar refractivity (Wildman–Crippen MR) is 68.3 cm³/mol. The summed E-state index contributed by atoms with van der Waals surface area (Å²) in [7, 11) is 0. The molecule has 0 radical (unpaired) electrons. The van der Waals surface area contributed by atoms with Crippen molar-refractivity contribution in [3.05, 3.63) is 52.0 Å². The Hall–Kier alpha value is -1.18. The van der Waals surface area contributed by atoms with Gasteiger partial charge in [0, 0.05) is 15.6 Å². The number of benzene rings is 2. The van der Waals surface area contributed by atoms with Gasteiger partial charge >= 0.3 is 0 Å². The van der Waals surface area contributed by atoms with E-state index in [1.54, 1.807) is 24.3 Å². The van der Waals surface area contributed by atoms with Crippen LogP contribution in [0.5, 0.6) is 5.75 Å². The molecule has 2 aromatic rings. The number of aromatic hydroxyl groups is 1. The van der Waals surface area contributed by atoms with Gasteiger partial charge in [0.1, 0.15) is 5.75 Å². The summed E-state index contributed by atoms with van der Waals surface area (Å²) >= 11 is 12.0. The fourth-order valence-electron chi connectivity index (χ4n) is 1.66. The second kappa shape index (κ2) is 4.36. The Bertz CT molecular complexity index is 486. The van der Waals surface area contributed by atoms with Gasteiger partial charge in [0.25, 0.3) is 0 Å². The second-order valence-electron chi connectivity index (χ2n) is 3.62. The third-order valence-electron chi connectivity index (χ3n) is 2.43. The normalized spacial score (nSPS) is 10.4. The third-order valence-corrected chi connectivity index (χ3v) is 2.98. The van der Waals surface area contributed by atoms with Crippen molar-refractivity contribution >= 4 is 23.2 Å². The Kier molecular flexibility index (Phi) is 3.08. The molecule has 1 N–H and O–H groups in total. The first-order valence-corrected chi connectivity index (χ1v) is 5.58. The lowest BCUT2D eigenvalue weighted by atomic mass is 10.0. The summed E-state index contributed by atoms with van der Waals surface area (Å²) < 4.78 is 0. The van der Waals surface area contributed by atoms with Crippen LogP contribution in [-0.2, 0) is 0 Å². The molecule has 0 amide bonds. The summed E-state index contributed by atoms with van der Waals surface area (Å²) in [6.45, 7) is 1.93. The van der Waals surface area contributed by atoms with E-state index < -0.39 is 0 Å². The molecular weight excluding hydrogens is 243 g/mol. The van der Waals surface area contributed by atoms with E-state index in [9.17, 15) is 5.11 Å². The molecule has 1 nitrogen and oxygen atoms in total. The van der Waals surface area contributed by atoms with Gasteiger partial charge in [-0.25, -0.2) is 0 Å². The Morgan fingerprint density at radius 3 is 2.25 bits per heavy atom. The van der Waals surface area contributed by atoms with Gasteiger partial charge in [-0.15, -0.1) is 0 Å². The number of phenols is 1. The van der Waals surface area contributed by atoms with E-state index in [-0.39, 0.29) is 5.75 Å². The maximum atomic E-state index is 9.34. The quantitative estimate of drug-likeness (QED) is 0.782. The van der Waals surface area contributed by atoms with Gasteiger partial charge < -0.3 is 5.11 Å². The zero-order valence-corrected chi connectivity index (χ0v) is 10.2. The van der Waals surface area contributed by atoms with Gasteiger partial charge in [-0.2, -0.15) is 0 Å². The maximum Gasteiger partial charge on any atom is 0.115 e. The summed E-state index contributed by atoms with van der Waals surface area (Å²) in [5, 5.41) is 10.6. The zero-order valence-electron chi connectivity index (χ0n) is 8.67. The van der Waals surface area contributed by atoms with Crippen LogP contribution in [0, 0.1) is 6.92 Å². The first-order chi connectivity index (χ1) is 7.58. The molecule has 0 atom stereocenters. The molecule has 0 unspecified atom stereocenters. The maximum absolute atomic E-state index is 9.34. The number of rotatable bonds is 1. The van der Waals surface area contributed by atoms with Crippen molar-refractivity contribution in [1.82, 2.24) is 0 Å². The Balaban J connectivity index is 2.59. The van der Waals surface area contributed by atoms with Crippen LogP contribution in [0.2, 0.25) is 10.0 Å². The molecule has 0 aliphatic carbocycles. The lowest BCUT2D eigenvalue weighted by Crippen LogP contribution is -1.84. The number of halogens is 2. The van der Waals surface area contributed by atoms with E-state index in [0.29, 0.717) is 10.0 Å². The summed E-state index contributed by atoms with van der Waals surface area (Å²) in [4.78, 5) is 0. The summed E-state index contributed by atoms with van der Waals surface area (Å²) in [6, 6.07) is 10.6. The van der Waals surface area contributed by atoms with Crippen LogP contribution in [-0.4, -0.2) is 5.11 Å². The number of phenolic OH excluding ortho intramolecular Hbond substituents is 1. The molecule has 2 rings (SSSR count). The second-order valence-corrected chi connectivity index (χ2v) is 4.47. The summed E-state index contributed by atoms with van der Waals surface area (Å²) in [5.74, 6) is 0.256. The van der Waals surface area contributed by atoms with E-state index >= 15 is 0 Å². The largest absolute Gasteiger partial charge is 0.508 e. The molecule has 0 fully saturated rings. The van der Waals surface area contributed by atoms with Crippen LogP contribution in [0.1, 0.15) is 5.56 Å². The van der Waals surface area contributed by atoms with Gasteiger partial charge in [0.05, 0.1) is 0 Å². The fraction of sp³-hybridized carbons (Fsp3) is 0.0769. The zero-order chi connectivity index (χ0) is 11.7. The SMILES string of the molecule is Cc1cc(O)ccc1-c1ccc(Cl)cc1Cl. The highest BCUT2D eigenvalue weighted by Crippen LogP contribution is 2.33. The van der Waals surface area contributed by atoms with Gasteiger partial charge in [-0.3, -0.25) is 0 Å². The highest BCUT2D eigenvalue weighted by molar-refractivity contribution is 6.36. The van der Waals surface area contributed by atoms with Gasteiger partial charge in [0.2, 0.25) is 0 Å². The monoisotopic (exact) mass is 252 g/mol. The Morgan fingerprint density at radius 2 is 1.62 bits per heavy atom. The molecule has 0 heterocycles. The molecular formula is C13H10Cl2O. The predicted octanol–water partition coefficient (Wildman–Crippen LogP) is 4.67. The molecule has 2 aromatic carbocycles. The topological polar surface area (TPSA) is 20.2 Å². The van der Waals surface area contributed by atoms with Crippen LogP contribution in [0.15, 0.2) is 36.4 Å². The first-order valence-electron chi connectivity index (χ1n) is 4.83. The summed E-state index contributed by atoms with van der Waals surface area (Å²) in [6.07, 6.45) is 0. The van der Waals surface area contributed by atoms with Crippen LogP contribution in [0.3, 0.4) is 0 Å². The molecule has 0 aliphatic rings. The average Bonchev–Trinajstić information content (AvgIpc) is 2.19. The number of hydrogen-bond acceptors (Lipinski definition) is 1. The van der Waals surface area contributed by atoms with E-state index in [1.807, 2.05) is 19.1 Å². The molecule has 0 aliphatic heterocycles. The van der Waals surface area contributed by atoms with Crippen molar-refractivity contribution in [2.45, 2.75) is 6.92 Å². The molecule has 16 heavy (non-hydrogen) atoms. The molecule has 0 aromatic heterocycles. The van der Waals surface area contributed by atoms with E-state index in [1.165, 1.54) is 0 Å². The van der Waals surface area contributed by atoms with Gasteiger partial charge in [-0.1, -0.05) is 35.3 Å². The smallest absolute Gasteiger partial charge is 0.115 e. The standard InChI is InChI=1S/C13H10Cl2O/c1-8-6-10(16)3-5-11(8)12-4-2-9(14)7-13(12)15/h2-7,16H,1H3. The third kappa shape index (κ3) is 2.16. The van der Waals surface area contributed by atoms with E-state index in [0.717, 1.165) is 16.7 Å². The average molecular weight is 253 g/mol. The highest BCUT2D eigenvalue weighted by Gasteiger charge is 2.07. The lowest BCUT2D eigenvalue weighted by molar-refractivity contribution is 0.475. The first kappa shape index (κ1) is 11.3. The highest BCUT2D eigenvalue weighted by atomic mass is 35.5. The minimum absolute atomic E-state index is 0.256. The number of hydrogen-bond donors (Lipinski definition) is 1.